The first-order valence-corrected chi connectivity index (χ1v) is 4.21. The van der Waals surface area contributed by atoms with Crippen LogP contribution in [0.5, 0.6) is 0 Å². The zero-order chi connectivity index (χ0) is 7.14. The minimum absolute atomic E-state index is 0.775. The molecular weight excluding hydrogens is 122 g/mol. The smallest absolute Gasteiger partial charge is 0.00431 e. The Balaban J connectivity index is 2.07. The van der Waals surface area contributed by atoms with Gasteiger partial charge in [-0.15, -0.1) is 0 Å². The molecule has 3 fully saturated rings. The summed E-state index contributed by atoms with van der Waals surface area (Å²) in [5.74, 6) is 2.47. The molecule has 1 unspecified atom stereocenters. The number of fused-ring (bicyclic) bond motifs is 2. The minimum Gasteiger partial charge on any atom is -0.330 e. The van der Waals surface area contributed by atoms with Crippen LogP contribution in [0.1, 0.15) is 19.3 Å². The first kappa shape index (κ1) is 6.41. The molecule has 3 atom stereocenters. The minimum atomic E-state index is 0.775. The molecule has 0 aromatic rings. The van der Waals surface area contributed by atoms with Crippen molar-refractivity contribution < 1.29 is 0 Å². The molecule has 0 aromatic heterocycles. The Morgan fingerprint density at radius 3 is 2.70 bits per heavy atom. The molecule has 0 spiro atoms. The molecule has 3 aliphatic carbocycles. The van der Waals surface area contributed by atoms with Crippen LogP contribution in [0.4, 0.5) is 0 Å². The van der Waals surface area contributed by atoms with Gasteiger partial charge in [-0.25, -0.2) is 0 Å². The van der Waals surface area contributed by atoms with Gasteiger partial charge >= 0.3 is 0 Å². The van der Waals surface area contributed by atoms with Gasteiger partial charge in [0, 0.05) is 0 Å². The van der Waals surface area contributed by atoms with E-state index in [0.29, 0.717) is 0 Å². The average Bonchev–Trinajstić information content (AvgIpc) is 2.03. The fourth-order valence-electron chi connectivity index (χ4n) is 2.45. The summed E-state index contributed by atoms with van der Waals surface area (Å²) in [7, 11) is 0. The molecule has 1 nitrogen and oxygen atoms in total. The van der Waals surface area contributed by atoms with Crippen molar-refractivity contribution in [1.29, 1.82) is 0 Å². The highest BCUT2D eigenvalue weighted by Crippen LogP contribution is 2.51. The second-order valence-electron chi connectivity index (χ2n) is 3.69. The van der Waals surface area contributed by atoms with Gasteiger partial charge in [-0.2, -0.15) is 0 Å². The molecule has 2 bridgehead atoms. The van der Waals surface area contributed by atoms with Crippen molar-refractivity contribution in [2.75, 3.05) is 6.54 Å². The third kappa shape index (κ3) is 0.671. The lowest BCUT2D eigenvalue weighted by Gasteiger charge is -2.48. The van der Waals surface area contributed by atoms with Gasteiger partial charge < -0.3 is 5.73 Å². The molecule has 3 aliphatic rings. The summed E-state index contributed by atoms with van der Waals surface area (Å²) in [6.07, 6.45) is 4.10. The largest absolute Gasteiger partial charge is 0.330 e. The van der Waals surface area contributed by atoms with Crippen molar-refractivity contribution in [2.24, 2.45) is 23.5 Å². The Morgan fingerprint density at radius 2 is 2.30 bits per heavy atom. The van der Waals surface area contributed by atoms with E-state index in [2.05, 4.69) is 6.58 Å². The topological polar surface area (TPSA) is 26.0 Å². The molecule has 3 rings (SSSR count). The first-order chi connectivity index (χ1) is 4.83. The van der Waals surface area contributed by atoms with Crippen molar-refractivity contribution in [3.63, 3.8) is 0 Å². The Hall–Kier alpha value is -0.300. The molecule has 0 aliphatic heterocycles. The van der Waals surface area contributed by atoms with Crippen molar-refractivity contribution in [1.82, 2.24) is 0 Å². The summed E-state index contributed by atoms with van der Waals surface area (Å²) in [6, 6.07) is 0. The summed E-state index contributed by atoms with van der Waals surface area (Å²) in [5, 5.41) is 0. The van der Waals surface area contributed by atoms with Gasteiger partial charge in [0.15, 0.2) is 0 Å². The van der Waals surface area contributed by atoms with Crippen molar-refractivity contribution in [3.05, 3.63) is 12.2 Å². The fourth-order valence-corrected chi connectivity index (χ4v) is 2.45. The highest BCUT2D eigenvalue weighted by atomic mass is 14.6. The third-order valence-corrected chi connectivity index (χ3v) is 3.30. The van der Waals surface area contributed by atoms with Crippen LogP contribution in [0.15, 0.2) is 12.2 Å². The molecule has 3 saturated carbocycles. The van der Waals surface area contributed by atoms with E-state index < -0.39 is 0 Å². The van der Waals surface area contributed by atoms with Crippen molar-refractivity contribution >= 4 is 0 Å². The summed E-state index contributed by atoms with van der Waals surface area (Å²) >= 11 is 0. The summed E-state index contributed by atoms with van der Waals surface area (Å²) < 4.78 is 0. The van der Waals surface area contributed by atoms with Crippen LogP contribution in [-0.2, 0) is 0 Å². The van der Waals surface area contributed by atoms with E-state index in [0.717, 1.165) is 24.3 Å². The first-order valence-electron chi connectivity index (χ1n) is 4.21. The van der Waals surface area contributed by atoms with Gasteiger partial charge in [0.05, 0.1) is 0 Å². The normalized spacial score (nSPS) is 44.9. The van der Waals surface area contributed by atoms with Crippen LogP contribution in [0.25, 0.3) is 0 Å². The fraction of sp³-hybridized carbons (Fsp3) is 0.778. The molecule has 0 saturated heterocycles. The summed E-state index contributed by atoms with van der Waals surface area (Å²) in [4.78, 5) is 0. The predicted octanol–water partition coefficient (Wildman–Crippen LogP) is 1.55. The van der Waals surface area contributed by atoms with Crippen LogP contribution in [0.2, 0.25) is 0 Å². The van der Waals surface area contributed by atoms with Crippen LogP contribution >= 0.6 is 0 Å². The molecule has 1 heteroatoms. The lowest BCUT2D eigenvalue weighted by atomic mass is 9.57. The SMILES string of the molecule is C=C1[C@H]2CCC(CN)[C@@H]1C2. The molecule has 2 N–H and O–H groups in total. The average molecular weight is 137 g/mol. The van der Waals surface area contributed by atoms with Crippen LogP contribution in [0.3, 0.4) is 0 Å². The molecule has 0 aromatic carbocycles. The van der Waals surface area contributed by atoms with Crippen molar-refractivity contribution in [2.45, 2.75) is 19.3 Å². The van der Waals surface area contributed by atoms with Crippen LogP contribution < -0.4 is 5.73 Å². The highest BCUT2D eigenvalue weighted by molar-refractivity contribution is 5.20. The Labute approximate surface area is 62.3 Å². The van der Waals surface area contributed by atoms with Gasteiger partial charge in [-0.3, -0.25) is 0 Å². The summed E-state index contributed by atoms with van der Waals surface area (Å²) in [5.41, 5.74) is 7.14. The summed E-state index contributed by atoms with van der Waals surface area (Å²) in [6.45, 7) is 4.96. The molecule has 56 valence electrons. The highest BCUT2D eigenvalue weighted by Gasteiger charge is 2.42. The monoisotopic (exact) mass is 137 g/mol. The number of allylic oxidation sites excluding steroid dienone is 1. The van der Waals surface area contributed by atoms with E-state index in [9.17, 15) is 0 Å². The van der Waals surface area contributed by atoms with Gasteiger partial charge in [0.1, 0.15) is 0 Å². The number of hydrogen-bond donors (Lipinski definition) is 1. The lowest BCUT2D eigenvalue weighted by Crippen LogP contribution is -2.41. The predicted molar refractivity (Wildman–Crippen MR) is 42.5 cm³/mol. The van der Waals surface area contributed by atoms with E-state index in [-0.39, 0.29) is 0 Å². The Morgan fingerprint density at radius 1 is 1.50 bits per heavy atom. The molecule has 0 heterocycles. The van der Waals surface area contributed by atoms with E-state index in [1.165, 1.54) is 24.8 Å². The molecule has 10 heavy (non-hydrogen) atoms. The van der Waals surface area contributed by atoms with Crippen molar-refractivity contribution in [3.8, 4) is 0 Å². The second-order valence-corrected chi connectivity index (χ2v) is 3.69. The van der Waals surface area contributed by atoms with E-state index in [1.807, 2.05) is 0 Å². The maximum absolute atomic E-state index is 5.64. The van der Waals surface area contributed by atoms with E-state index in [1.54, 1.807) is 0 Å². The van der Waals surface area contributed by atoms with E-state index in [4.69, 9.17) is 5.73 Å². The lowest BCUT2D eigenvalue weighted by molar-refractivity contribution is 0.140. The van der Waals surface area contributed by atoms with Gasteiger partial charge in [-0.05, 0) is 43.6 Å². The molecule has 0 radical (unpaired) electrons. The zero-order valence-electron chi connectivity index (χ0n) is 6.34. The Bertz CT molecular complexity index is 160. The third-order valence-electron chi connectivity index (χ3n) is 3.30. The standard InChI is InChI=1S/C9H15N/c1-6-7-2-3-8(5-10)9(6)4-7/h7-9H,1-5,10H2/t7-,8?,9+/m0/s1. The van der Waals surface area contributed by atoms with Gasteiger partial charge in [0.25, 0.3) is 0 Å². The number of hydrogen-bond acceptors (Lipinski definition) is 1. The van der Waals surface area contributed by atoms with Gasteiger partial charge in [-0.1, -0.05) is 12.2 Å². The zero-order valence-corrected chi connectivity index (χ0v) is 6.34. The quantitative estimate of drug-likeness (QED) is 0.545. The Kier molecular flexibility index (Phi) is 1.34. The number of rotatable bonds is 1. The van der Waals surface area contributed by atoms with Gasteiger partial charge in [0.2, 0.25) is 0 Å². The number of nitrogens with two attached hydrogens (primary N) is 1. The van der Waals surface area contributed by atoms with Crippen LogP contribution in [-0.4, -0.2) is 6.54 Å². The maximum atomic E-state index is 5.64. The molecular formula is C9H15N. The molecule has 0 amide bonds. The van der Waals surface area contributed by atoms with E-state index >= 15 is 0 Å². The maximum Gasteiger partial charge on any atom is -0.00431 e. The van der Waals surface area contributed by atoms with Crippen LogP contribution in [0, 0.1) is 17.8 Å². The second kappa shape index (κ2) is 2.09.